The van der Waals surface area contributed by atoms with E-state index < -0.39 is 0 Å². The van der Waals surface area contributed by atoms with E-state index in [-0.39, 0.29) is 0 Å². The molecule has 0 aliphatic carbocycles. The number of nitrogens with two attached hydrogens (primary N) is 1. The van der Waals surface area contributed by atoms with Crippen molar-refractivity contribution < 1.29 is 0 Å². The van der Waals surface area contributed by atoms with Gasteiger partial charge in [0.2, 0.25) is 0 Å². The molecule has 1 aromatic rings. The van der Waals surface area contributed by atoms with Gasteiger partial charge in [-0.25, -0.2) is 0 Å². The first-order valence-electron chi connectivity index (χ1n) is 6.36. The molecule has 1 saturated heterocycles. The monoisotopic (exact) mass is 218 g/mol. The summed E-state index contributed by atoms with van der Waals surface area (Å²) in [7, 11) is 0. The van der Waals surface area contributed by atoms with E-state index in [1.165, 1.54) is 44.3 Å². The summed E-state index contributed by atoms with van der Waals surface area (Å²) in [5.41, 5.74) is 7.41. The van der Waals surface area contributed by atoms with Gasteiger partial charge in [0.15, 0.2) is 0 Å². The number of rotatable bonds is 4. The van der Waals surface area contributed by atoms with Crippen LogP contribution in [0.25, 0.3) is 0 Å². The number of nitrogens with zero attached hydrogens (tertiary/aromatic N) is 1. The molecule has 88 valence electrons. The largest absolute Gasteiger partial charge is 0.327 e. The third kappa shape index (κ3) is 3.62. The molecule has 1 aromatic carbocycles. The molecule has 0 spiro atoms. The molecule has 2 heteroatoms. The van der Waals surface area contributed by atoms with Gasteiger partial charge in [0.1, 0.15) is 0 Å². The highest BCUT2D eigenvalue weighted by Gasteiger charge is 2.15. The van der Waals surface area contributed by atoms with Crippen molar-refractivity contribution in [3.05, 3.63) is 35.9 Å². The number of piperidine rings is 1. The van der Waals surface area contributed by atoms with Crippen molar-refractivity contribution in [1.82, 2.24) is 4.90 Å². The van der Waals surface area contributed by atoms with Crippen LogP contribution < -0.4 is 5.73 Å². The Kier molecular flexibility index (Phi) is 4.37. The smallest absolute Gasteiger partial charge is 0.0168 e. The molecule has 0 saturated carbocycles. The summed E-state index contributed by atoms with van der Waals surface area (Å²) in [5, 5.41) is 0. The molecule has 2 N–H and O–H groups in total. The highest BCUT2D eigenvalue weighted by atomic mass is 15.1. The maximum absolute atomic E-state index is 5.97. The van der Waals surface area contributed by atoms with Gasteiger partial charge in [0.05, 0.1) is 0 Å². The van der Waals surface area contributed by atoms with Crippen LogP contribution in [0.5, 0.6) is 0 Å². The molecule has 0 bridgehead atoms. The summed E-state index contributed by atoms with van der Waals surface area (Å²) in [5.74, 6) is 0. The third-order valence-electron chi connectivity index (χ3n) is 3.32. The Morgan fingerprint density at radius 3 is 2.81 bits per heavy atom. The van der Waals surface area contributed by atoms with E-state index in [4.69, 9.17) is 5.73 Å². The van der Waals surface area contributed by atoms with Crippen molar-refractivity contribution in [3.8, 4) is 0 Å². The summed E-state index contributed by atoms with van der Waals surface area (Å²) in [4.78, 5) is 2.51. The number of aryl methyl sites for hydroxylation is 1. The van der Waals surface area contributed by atoms with Crippen LogP contribution in [0.15, 0.2) is 30.3 Å². The van der Waals surface area contributed by atoms with E-state index in [2.05, 4.69) is 35.2 Å². The fraction of sp³-hybridized carbons (Fsp3) is 0.571. The molecule has 16 heavy (non-hydrogen) atoms. The van der Waals surface area contributed by atoms with Crippen molar-refractivity contribution >= 4 is 0 Å². The lowest BCUT2D eigenvalue weighted by Gasteiger charge is -2.30. The lowest BCUT2D eigenvalue weighted by molar-refractivity contribution is 0.207. The maximum atomic E-state index is 5.97. The zero-order valence-electron chi connectivity index (χ0n) is 9.94. The highest BCUT2D eigenvalue weighted by molar-refractivity contribution is 5.14. The van der Waals surface area contributed by atoms with Gasteiger partial charge in [-0.1, -0.05) is 30.3 Å². The van der Waals surface area contributed by atoms with Crippen molar-refractivity contribution in [2.45, 2.75) is 31.7 Å². The fourth-order valence-electron chi connectivity index (χ4n) is 2.45. The Bertz CT molecular complexity index is 297. The van der Waals surface area contributed by atoms with Crippen LogP contribution in [-0.4, -0.2) is 30.6 Å². The first-order valence-corrected chi connectivity index (χ1v) is 6.36. The fourth-order valence-corrected chi connectivity index (χ4v) is 2.45. The Labute approximate surface area is 98.4 Å². The lowest BCUT2D eigenvalue weighted by Crippen LogP contribution is -2.43. The van der Waals surface area contributed by atoms with Crippen LogP contribution in [0.2, 0.25) is 0 Å². The van der Waals surface area contributed by atoms with Crippen molar-refractivity contribution in [1.29, 1.82) is 0 Å². The van der Waals surface area contributed by atoms with Gasteiger partial charge < -0.3 is 10.6 Å². The second-order valence-electron chi connectivity index (χ2n) is 4.79. The average molecular weight is 218 g/mol. The molecule has 1 aliphatic rings. The zero-order chi connectivity index (χ0) is 11.2. The van der Waals surface area contributed by atoms with Crippen LogP contribution in [-0.2, 0) is 6.42 Å². The van der Waals surface area contributed by atoms with Gasteiger partial charge in [-0.3, -0.25) is 0 Å². The SMILES string of the molecule is NC1CCCN(CCCc2ccccc2)C1. The Morgan fingerprint density at radius 1 is 1.25 bits per heavy atom. The summed E-state index contributed by atoms with van der Waals surface area (Å²) in [6, 6.07) is 11.1. The van der Waals surface area contributed by atoms with Crippen LogP contribution in [0.1, 0.15) is 24.8 Å². The molecule has 1 unspecified atom stereocenters. The van der Waals surface area contributed by atoms with Crippen LogP contribution in [0.4, 0.5) is 0 Å². The second-order valence-corrected chi connectivity index (χ2v) is 4.79. The number of benzene rings is 1. The molecule has 2 rings (SSSR count). The summed E-state index contributed by atoms with van der Waals surface area (Å²) >= 11 is 0. The van der Waals surface area contributed by atoms with E-state index in [0.29, 0.717) is 6.04 Å². The molecule has 0 amide bonds. The van der Waals surface area contributed by atoms with Gasteiger partial charge in [-0.05, 0) is 44.3 Å². The van der Waals surface area contributed by atoms with Crippen molar-refractivity contribution in [2.75, 3.05) is 19.6 Å². The first-order chi connectivity index (χ1) is 7.84. The molecule has 1 fully saturated rings. The minimum atomic E-state index is 0.408. The molecule has 1 atom stereocenters. The summed E-state index contributed by atoms with van der Waals surface area (Å²) < 4.78 is 0. The molecule has 1 aliphatic heterocycles. The predicted molar refractivity (Wildman–Crippen MR) is 68.4 cm³/mol. The summed E-state index contributed by atoms with van der Waals surface area (Å²) in [6.45, 7) is 3.53. The van der Waals surface area contributed by atoms with E-state index in [0.717, 1.165) is 6.54 Å². The van der Waals surface area contributed by atoms with E-state index in [1.54, 1.807) is 0 Å². The van der Waals surface area contributed by atoms with Crippen LogP contribution >= 0.6 is 0 Å². The molecular formula is C14H22N2. The zero-order valence-corrected chi connectivity index (χ0v) is 9.94. The number of likely N-dealkylation sites (tertiary alicyclic amines) is 1. The summed E-state index contributed by atoms with van der Waals surface area (Å²) in [6.07, 6.45) is 4.91. The standard InChI is InChI=1S/C14H22N2/c15-14-9-5-11-16(12-14)10-4-8-13-6-2-1-3-7-13/h1-3,6-7,14H,4-5,8-12,15H2. The van der Waals surface area contributed by atoms with Crippen LogP contribution in [0.3, 0.4) is 0 Å². The molecule has 2 nitrogen and oxygen atoms in total. The average Bonchev–Trinajstić information content (AvgIpc) is 2.30. The Hall–Kier alpha value is -0.860. The van der Waals surface area contributed by atoms with Gasteiger partial charge in [0.25, 0.3) is 0 Å². The predicted octanol–water partition coefficient (Wildman–Crippen LogP) is 2.04. The topological polar surface area (TPSA) is 29.3 Å². The van der Waals surface area contributed by atoms with Gasteiger partial charge in [-0.2, -0.15) is 0 Å². The van der Waals surface area contributed by atoms with E-state index in [9.17, 15) is 0 Å². The minimum Gasteiger partial charge on any atom is -0.327 e. The Morgan fingerprint density at radius 2 is 2.06 bits per heavy atom. The molecule has 0 aromatic heterocycles. The number of hydrogen-bond donors (Lipinski definition) is 1. The molecular weight excluding hydrogens is 196 g/mol. The minimum absolute atomic E-state index is 0.408. The van der Waals surface area contributed by atoms with Crippen molar-refractivity contribution in [2.24, 2.45) is 5.73 Å². The number of hydrogen-bond acceptors (Lipinski definition) is 2. The first kappa shape index (κ1) is 11.6. The highest BCUT2D eigenvalue weighted by Crippen LogP contribution is 2.10. The van der Waals surface area contributed by atoms with Gasteiger partial charge >= 0.3 is 0 Å². The Balaban J connectivity index is 1.68. The van der Waals surface area contributed by atoms with E-state index in [1.807, 2.05) is 0 Å². The lowest BCUT2D eigenvalue weighted by atomic mass is 10.1. The van der Waals surface area contributed by atoms with Gasteiger partial charge in [0, 0.05) is 12.6 Å². The third-order valence-corrected chi connectivity index (χ3v) is 3.32. The molecule has 0 radical (unpaired) electrons. The quantitative estimate of drug-likeness (QED) is 0.838. The molecule has 1 heterocycles. The van der Waals surface area contributed by atoms with Crippen molar-refractivity contribution in [3.63, 3.8) is 0 Å². The maximum Gasteiger partial charge on any atom is 0.0168 e. The second kappa shape index (κ2) is 6.02. The van der Waals surface area contributed by atoms with Gasteiger partial charge in [-0.15, -0.1) is 0 Å². The normalized spacial score (nSPS) is 22.2. The van der Waals surface area contributed by atoms with E-state index >= 15 is 0 Å². The van der Waals surface area contributed by atoms with Crippen LogP contribution in [0, 0.1) is 0 Å².